The first-order valence-corrected chi connectivity index (χ1v) is 6.40. The molecule has 0 atom stereocenters. The van der Waals surface area contributed by atoms with Crippen LogP contribution in [0.2, 0.25) is 0 Å². The molecule has 1 fully saturated rings. The number of carbonyl (C=O) groups excluding carboxylic acids is 2. The molecule has 0 spiro atoms. The summed E-state index contributed by atoms with van der Waals surface area (Å²) < 4.78 is 0. The number of rotatable bonds is 1. The van der Waals surface area contributed by atoms with Crippen molar-refractivity contribution in [3.05, 3.63) is 29.3 Å². The van der Waals surface area contributed by atoms with E-state index >= 15 is 0 Å². The normalized spacial score (nSPS) is 14.7. The zero-order chi connectivity index (χ0) is 14.0. The fourth-order valence-electron chi connectivity index (χ4n) is 2.26. The lowest BCUT2D eigenvalue weighted by Crippen LogP contribution is -2.50. The zero-order valence-electron chi connectivity index (χ0n) is 11.8. The van der Waals surface area contributed by atoms with E-state index in [4.69, 9.17) is 5.73 Å². The molecule has 2 rings (SSSR count). The maximum Gasteiger partial charge on any atom is 0.254 e. The molecule has 0 aliphatic carbocycles. The molecule has 1 heterocycles. The smallest absolute Gasteiger partial charge is 0.254 e. The summed E-state index contributed by atoms with van der Waals surface area (Å²) in [5.41, 5.74) is 7.90. The van der Waals surface area contributed by atoms with Gasteiger partial charge in [-0.05, 0) is 24.6 Å². The maximum absolute atomic E-state index is 12.4. The molecular formula is C14H20ClN3O2. The van der Waals surface area contributed by atoms with Crippen molar-refractivity contribution in [2.75, 3.05) is 31.9 Å². The van der Waals surface area contributed by atoms with Crippen molar-refractivity contribution in [1.29, 1.82) is 0 Å². The van der Waals surface area contributed by atoms with Crippen molar-refractivity contribution in [3.8, 4) is 0 Å². The molecule has 6 heteroatoms. The van der Waals surface area contributed by atoms with E-state index in [1.54, 1.807) is 28.9 Å². The van der Waals surface area contributed by atoms with Crippen LogP contribution in [0.4, 0.5) is 5.69 Å². The van der Waals surface area contributed by atoms with Gasteiger partial charge in [-0.2, -0.15) is 0 Å². The highest BCUT2D eigenvalue weighted by Crippen LogP contribution is 2.16. The highest BCUT2D eigenvalue weighted by molar-refractivity contribution is 5.96. The highest BCUT2D eigenvalue weighted by atomic mass is 35.5. The van der Waals surface area contributed by atoms with E-state index in [9.17, 15) is 9.59 Å². The molecular weight excluding hydrogens is 278 g/mol. The molecule has 20 heavy (non-hydrogen) atoms. The zero-order valence-corrected chi connectivity index (χ0v) is 12.6. The third-order valence-electron chi connectivity index (χ3n) is 3.50. The Morgan fingerprint density at radius 1 is 1.10 bits per heavy atom. The molecule has 0 radical (unpaired) electrons. The highest BCUT2D eigenvalue weighted by Gasteiger charge is 2.24. The van der Waals surface area contributed by atoms with Gasteiger partial charge in [0.1, 0.15) is 0 Å². The molecule has 0 aromatic heterocycles. The largest absolute Gasteiger partial charge is 0.399 e. The second kappa shape index (κ2) is 6.61. The van der Waals surface area contributed by atoms with Gasteiger partial charge in [-0.25, -0.2) is 0 Å². The van der Waals surface area contributed by atoms with Crippen molar-refractivity contribution in [1.82, 2.24) is 9.80 Å². The number of hydrogen-bond acceptors (Lipinski definition) is 3. The average molecular weight is 298 g/mol. The Morgan fingerprint density at radius 3 is 2.20 bits per heavy atom. The first-order chi connectivity index (χ1) is 8.99. The Balaban J connectivity index is 0.00000200. The molecule has 1 saturated heterocycles. The molecule has 110 valence electrons. The topological polar surface area (TPSA) is 66.6 Å². The van der Waals surface area contributed by atoms with Crippen LogP contribution in [0.25, 0.3) is 0 Å². The van der Waals surface area contributed by atoms with E-state index in [1.807, 2.05) is 13.0 Å². The minimum absolute atomic E-state index is 0. The average Bonchev–Trinajstić information content (AvgIpc) is 2.41. The molecule has 0 saturated carbocycles. The van der Waals surface area contributed by atoms with Crippen molar-refractivity contribution >= 4 is 29.9 Å². The Hall–Kier alpha value is -1.75. The first-order valence-electron chi connectivity index (χ1n) is 6.40. The molecule has 1 aromatic rings. The number of halogens is 1. The summed E-state index contributed by atoms with van der Waals surface area (Å²) in [5.74, 6) is 0.0558. The van der Waals surface area contributed by atoms with Gasteiger partial charge in [0.2, 0.25) is 5.91 Å². The molecule has 5 nitrogen and oxygen atoms in total. The Kier molecular flexibility index (Phi) is 5.39. The van der Waals surface area contributed by atoms with Crippen LogP contribution < -0.4 is 5.73 Å². The van der Waals surface area contributed by atoms with Crippen LogP contribution in [0.15, 0.2) is 18.2 Å². The van der Waals surface area contributed by atoms with Gasteiger partial charge in [-0.3, -0.25) is 9.59 Å². The number of nitrogens with two attached hydrogens (primary N) is 1. The van der Waals surface area contributed by atoms with Gasteiger partial charge in [0.25, 0.3) is 5.91 Å². The van der Waals surface area contributed by atoms with Crippen LogP contribution >= 0.6 is 12.4 Å². The molecule has 0 unspecified atom stereocenters. The second-order valence-electron chi connectivity index (χ2n) is 4.87. The van der Waals surface area contributed by atoms with E-state index in [-0.39, 0.29) is 24.2 Å². The minimum Gasteiger partial charge on any atom is -0.399 e. The third kappa shape index (κ3) is 3.42. The van der Waals surface area contributed by atoms with Crippen LogP contribution in [0, 0.1) is 6.92 Å². The number of nitrogens with zero attached hydrogens (tertiary/aromatic N) is 2. The quantitative estimate of drug-likeness (QED) is 0.795. The lowest BCUT2D eigenvalue weighted by Gasteiger charge is -2.34. The number of aryl methyl sites for hydroxylation is 1. The van der Waals surface area contributed by atoms with Gasteiger partial charge in [-0.1, -0.05) is 6.07 Å². The first kappa shape index (κ1) is 16.3. The summed E-state index contributed by atoms with van der Waals surface area (Å²) in [4.78, 5) is 27.2. The van der Waals surface area contributed by atoms with Gasteiger partial charge >= 0.3 is 0 Å². The number of nitrogen functional groups attached to an aromatic ring is 1. The van der Waals surface area contributed by atoms with E-state index in [0.717, 1.165) is 5.56 Å². The van der Waals surface area contributed by atoms with Gasteiger partial charge in [0, 0.05) is 44.4 Å². The Bertz CT molecular complexity index is 511. The molecule has 1 aliphatic heterocycles. The summed E-state index contributed by atoms with van der Waals surface area (Å²) in [6, 6.07) is 5.36. The minimum atomic E-state index is -0.00648. The predicted molar refractivity (Wildman–Crippen MR) is 81.0 cm³/mol. The predicted octanol–water partition coefficient (Wildman–Crippen LogP) is 1.30. The van der Waals surface area contributed by atoms with E-state index in [0.29, 0.717) is 37.4 Å². The number of anilines is 1. The van der Waals surface area contributed by atoms with Crippen LogP contribution in [-0.2, 0) is 4.79 Å². The SMILES string of the molecule is CC(=O)N1CCN(C(=O)c2cc(N)ccc2C)CC1.Cl. The molecule has 1 aliphatic rings. The number of amides is 2. The van der Waals surface area contributed by atoms with Crippen LogP contribution in [0.3, 0.4) is 0 Å². The monoisotopic (exact) mass is 297 g/mol. The molecule has 2 N–H and O–H groups in total. The number of benzene rings is 1. The van der Waals surface area contributed by atoms with Crippen molar-refractivity contribution in [2.45, 2.75) is 13.8 Å². The Labute approximate surface area is 125 Å². The third-order valence-corrected chi connectivity index (χ3v) is 3.50. The standard InChI is InChI=1S/C14H19N3O2.ClH/c1-10-3-4-12(15)9-13(10)14(19)17-7-5-16(6-8-17)11(2)18;/h3-4,9H,5-8,15H2,1-2H3;1H. The fourth-order valence-corrected chi connectivity index (χ4v) is 2.26. The molecule has 0 bridgehead atoms. The van der Waals surface area contributed by atoms with Crippen LogP contribution in [-0.4, -0.2) is 47.8 Å². The van der Waals surface area contributed by atoms with Crippen molar-refractivity contribution in [2.24, 2.45) is 0 Å². The molecule has 2 amide bonds. The van der Waals surface area contributed by atoms with E-state index in [1.165, 1.54) is 0 Å². The lowest BCUT2D eigenvalue weighted by molar-refractivity contribution is -0.130. The second-order valence-corrected chi connectivity index (χ2v) is 4.87. The van der Waals surface area contributed by atoms with Gasteiger partial charge in [0.15, 0.2) is 0 Å². The summed E-state index contributed by atoms with van der Waals surface area (Å²) in [6.45, 7) is 5.81. The number of piperazine rings is 1. The lowest BCUT2D eigenvalue weighted by atomic mass is 10.1. The summed E-state index contributed by atoms with van der Waals surface area (Å²) in [5, 5.41) is 0. The summed E-state index contributed by atoms with van der Waals surface area (Å²) in [6.07, 6.45) is 0. The van der Waals surface area contributed by atoms with Gasteiger partial charge in [-0.15, -0.1) is 12.4 Å². The molecule has 1 aromatic carbocycles. The number of hydrogen-bond donors (Lipinski definition) is 1. The van der Waals surface area contributed by atoms with Gasteiger partial charge in [0.05, 0.1) is 0 Å². The van der Waals surface area contributed by atoms with E-state index in [2.05, 4.69) is 0 Å². The van der Waals surface area contributed by atoms with Crippen LogP contribution in [0.1, 0.15) is 22.8 Å². The van der Waals surface area contributed by atoms with Crippen LogP contribution in [0.5, 0.6) is 0 Å². The van der Waals surface area contributed by atoms with Gasteiger partial charge < -0.3 is 15.5 Å². The summed E-state index contributed by atoms with van der Waals surface area (Å²) >= 11 is 0. The maximum atomic E-state index is 12.4. The fraction of sp³-hybridized carbons (Fsp3) is 0.429. The van der Waals surface area contributed by atoms with Crippen molar-refractivity contribution in [3.63, 3.8) is 0 Å². The Morgan fingerprint density at radius 2 is 1.65 bits per heavy atom. The van der Waals surface area contributed by atoms with Crippen molar-refractivity contribution < 1.29 is 9.59 Å². The number of carbonyl (C=O) groups is 2. The summed E-state index contributed by atoms with van der Waals surface area (Å²) in [7, 11) is 0. The van der Waals surface area contributed by atoms with E-state index < -0.39 is 0 Å².